The summed E-state index contributed by atoms with van der Waals surface area (Å²) in [7, 11) is 0. The van der Waals surface area contributed by atoms with Crippen LogP contribution in [-0.4, -0.2) is 11.4 Å². The second kappa shape index (κ2) is 5.39. The molecule has 0 unspecified atom stereocenters. The summed E-state index contributed by atoms with van der Waals surface area (Å²) in [6, 6.07) is 4.88. The van der Waals surface area contributed by atoms with Gasteiger partial charge in [-0.15, -0.1) is 0 Å². The maximum Gasteiger partial charge on any atom is 0.0426 e. The minimum atomic E-state index is 1.04. The Morgan fingerprint density at radius 3 is 2.65 bits per heavy atom. The molecule has 0 saturated heterocycles. The molecule has 17 heavy (non-hydrogen) atoms. The Morgan fingerprint density at radius 2 is 2.00 bits per heavy atom. The number of nitrogens with zero attached hydrogens (tertiary/aromatic N) is 1. The van der Waals surface area contributed by atoms with E-state index in [9.17, 15) is 0 Å². The zero-order chi connectivity index (χ0) is 12.3. The first-order valence-electron chi connectivity index (χ1n) is 6.78. The van der Waals surface area contributed by atoms with Gasteiger partial charge >= 0.3 is 0 Å². The third-order valence-corrected chi connectivity index (χ3v) is 3.72. The van der Waals surface area contributed by atoms with Crippen LogP contribution >= 0.6 is 0 Å². The van der Waals surface area contributed by atoms with Gasteiger partial charge in [-0.05, 0) is 47.7 Å². The molecule has 0 radical (unpaired) electrons. The Kier molecular flexibility index (Phi) is 3.88. The lowest BCUT2D eigenvalue weighted by atomic mass is 9.91. The molecular weight excluding hydrogens is 206 g/mol. The molecular formula is C16H23N. The van der Waals surface area contributed by atoms with Gasteiger partial charge in [-0.3, -0.25) is 0 Å². The largest absolute Gasteiger partial charge is 0.373 e. The van der Waals surface area contributed by atoms with Crippen LogP contribution in [0.15, 0.2) is 24.9 Å². The van der Waals surface area contributed by atoms with Crippen LogP contribution in [0.5, 0.6) is 0 Å². The number of aryl methyl sites for hydroxylation is 2. The number of hydrogen-bond donors (Lipinski definition) is 0. The fourth-order valence-electron chi connectivity index (χ4n) is 2.72. The Hall–Kier alpha value is -1.24. The lowest BCUT2D eigenvalue weighted by Crippen LogP contribution is -2.25. The maximum absolute atomic E-state index is 3.88. The van der Waals surface area contributed by atoms with Crippen LogP contribution in [0.1, 0.15) is 42.5 Å². The molecule has 0 amide bonds. The predicted molar refractivity (Wildman–Crippen MR) is 74.1 cm³/mol. The van der Waals surface area contributed by atoms with E-state index in [-0.39, 0.29) is 0 Å². The van der Waals surface area contributed by atoms with Crippen LogP contribution in [0.4, 0.5) is 0 Å². The van der Waals surface area contributed by atoms with Gasteiger partial charge in [0.25, 0.3) is 0 Å². The van der Waals surface area contributed by atoms with Crippen LogP contribution in [0.2, 0.25) is 0 Å². The Balaban J connectivity index is 2.34. The SMILES string of the molecule is C=CN1CCc2cc(CC)c(CCC)cc2C1. The van der Waals surface area contributed by atoms with Crippen LogP contribution in [0.25, 0.3) is 0 Å². The summed E-state index contributed by atoms with van der Waals surface area (Å²) in [4.78, 5) is 2.31. The van der Waals surface area contributed by atoms with E-state index in [0.29, 0.717) is 0 Å². The highest BCUT2D eigenvalue weighted by atomic mass is 15.1. The van der Waals surface area contributed by atoms with Crippen LogP contribution < -0.4 is 0 Å². The summed E-state index contributed by atoms with van der Waals surface area (Å²) in [5.41, 5.74) is 6.17. The molecule has 0 aromatic heterocycles. The van der Waals surface area contributed by atoms with Gasteiger partial charge in [0.15, 0.2) is 0 Å². The zero-order valence-electron chi connectivity index (χ0n) is 11.1. The quantitative estimate of drug-likeness (QED) is 0.761. The average molecular weight is 229 g/mol. The van der Waals surface area contributed by atoms with Gasteiger partial charge in [0.2, 0.25) is 0 Å². The molecule has 1 aromatic rings. The van der Waals surface area contributed by atoms with Gasteiger partial charge in [0.05, 0.1) is 0 Å². The molecule has 1 heterocycles. The average Bonchev–Trinajstić information content (AvgIpc) is 2.37. The van der Waals surface area contributed by atoms with Crippen molar-refractivity contribution >= 4 is 0 Å². The first-order chi connectivity index (χ1) is 8.28. The van der Waals surface area contributed by atoms with E-state index in [4.69, 9.17) is 0 Å². The van der Waals surface area contributed by atoms with Gasteiger partial charge < -0.3 is 4.90 Å². The minimum Gasteiger partial charge on any atom is -0.373 e. The highest BCUT2D eigenvalue weighted by Gasteiger charge is 2.15. The number of rotatable bonds is 4. The van der Waals surface area contributed by atoms with Gasteiger partial charge in [-0.2, -0.15) is 0 Å². The Bertz CT molecular complexity index is 406. The summed E-state index contributed by atoms with van der Waals surface area (Å²) in [6.07, 6.45) is 6.74. The van der Waals surface area contributed by atoms with Crippen molar-refractivity contribution in [2.75, 3.05) is 6.54 Å². The molecule has 1 aromatic carbocycles. The lowest BCUT2D eigenvalue weighted by Gasteiger charge is -2.28. The standard InChI is InChI=1S/C16H23N/c1-4-7-14-11-16-12-17(6-3)9-8-15(16)10-13(14)5-2/h6,10-11H,3-5,7-9,12H2,1-2H3. The molecule has 0 aliphatic carbocycles. The van der Waals surface area contributed by atoms with Gasteiger partial charge in [-0.1, -0.05) is 39.0 Å². The van der Waals surface area contributed by atoms with Crippen molar-refractivity contribution in [1.82, 2.24) is 4.90 Å². The molecule has 0 bridgehead atoms. The summed E-state index contributed by atoms with van der Waals surface area (Å²) >= 11 is 0. The summed E-state index contributed by atoms with van der Waals surface area (Å²) < 4.78 is 0. The van der Waals surface area contributed by atoms with Crippen molar-refractivity contribution in [3.8, 4) is 0 Å². The predicted octanol–water partition coefficient (Wildman–Crippen LogP) is 3.70. The van der Waals surface area contributed by atoms with Crippen molar-refractivity contribution in [1.29, 1.82) is 0 Å². The van der Waals surface area contributed by atoms with Crippen molar-refractivity contribution in [2.24, 2.45) is 0 Å². The molecule has 0 fully saturated rings. The fraction of sp³-hybridized carbons (Fsp3) is 0.500. The molecule has 92 valence electrons. The van der Waals surface area contributed by atoms with E-state index < -0.39 is 0 Å². The normalized spacial score (nSPS) is 14.6. The van der Waals surface area contributed by atoms with E-state index in [2.05, 4.69) is 37.5 Å². The number of hydrogen-bond acceptors (Lipinski definition) is 1. The highest BCUT2D eigenvalue weighted by Crippen LogP contribution is 2.24. The smallest absolute Gasteiger partial charge is 0.0426 e. The van der Waals surface area contributed by atoms with Gasteiger partial charge in [0, 0.05) is 13.1 Å². The Labute approximate surface area is 105 Å². The lowest BCUT2D eigenvalue weighted by molar-refractivity contribution is 0.353. The Morgan fingerprint density at radius 1 is 1.24 bits per heavy atom. The van der Waals surface area contributed by atoms with E-state index >= 15 is 0 Å². The van der Waals surface area contributed by atoms with Crippen molar-refractivity contribution in [2.45, 2.75) is 46.1 Å². The van der Waals surface area contributed by atoms with E-state index in [1.807, 2.05) is 6.20 Å². The first kappa shape index (κ1) is 12.2. The first-order valence-corrected chi connectivity index (χ1v) is 6.78. The van der Waals surface area contributed by atoms with Crippen molar-refractivity contribution in [3.63, 3.8) is 0 Å². The third kappa shape index (κ3) is 2.54. The molecule has 0 atom stereocenters. The highest BCUT2D eigenvalue weighted by molar-refractivity contribution is 5.40. The monoisotopic (exact) mass is 229 g/mol. The van der Waals surface area contributed by atoms with Crippen molar-refractivity contribution < 1.29 is 0 Å². The zero-order valence-corrected chi connectivity index (χ0v) is 11.1. The second-order valence-corrected chi connectivity index (χ2v) is 4.90. The molecule has 0 N–H and O–H groups in total. The summed E-state index contributed by atoms with van der Waals surface area (Å²) in [6.45, 7) is 10.6. The molecule has 2 rings (SSSR count). The van der Waals surface area contributed by atoms with E-state index in [0.717, 1.165) is 19.5 Å². The number of fused-ring (bicyclic) bond motifs is 1. The molecule has 1 aliphatic rings. The third-order valence-electron chi connectivity index (χ3n) is 3.72. The van der Waals surface area contributed by atoms with Gasteiger partial charge in [0.1, 0.15) is 0 Å². The minimum absolute atomic E-state index is 1.04. The summed E-state index contributed by atoms with van der Waals surface area (Å²) in [5, 5.41) is 0. The molecule has 1 nitrogen and oxygen atoms in total. The van der Waals surface area contributed by atoms with Crippen LogP contribution in [-0.2, 0) is 25.8 Å². The van der Waals surface area contributed by atoms with Gasteiger partial charge in [-0.25, -0.2) is 0 Å². The molecule has 1 heteroatoms. The molecule has 0 saturated carbocycles. The fourth-order valence-corrected chi connectivity index (χ4v) is 2.72. The van der Waals surface area contributed by atoms with Crippen LogP contribution in [0, 0.1) is 0 Å². The maximum atomic E-state index is 3.88. The second-order valence-electron chi connectivity index (χ2n) is 4.90. The number of benzene rings is 1. The molecule has 1 aliphatic heterocycles. The molecule has 0 spiro atoms. The van der Waals surface area contributed by atoms with Crippen molar-refractivity contribution in [3.05, 3.63) is 47.2 Å². The summed E-state index contributed by atoms with van der Waals surface area (Å²) in [5.74, 6) is 0. The van der Waals surface area contributed by atoms with E-state index in [1.165, 1.54) is 24.8 Å². The van der Waals surface area contributed by atoms with E-state index in [1.54, 1.807) is 16.7 Å². The topological polar surface area (TPSA) is 3.24 Å². The van der Waals surface area contributed by atoms with Crippen LogP contribution in [0.3, 0.4) is 0 Å².